The molecule has 0 unspecified atom stereocenters. The molecular weight excluding hydrogens is 292 g/mol. The minimum absolute atomic E-state index is 0.206. The van der Waals surface area contributed by atoms with Crippen LogP contribution < -0.4 is 10.7 Å². The molecule has 110 valence electrons. The number of benzene rings is 2. The Kier molecular flexibility index (Phi) is 3.42. The normalized spacial score (nSPS) is 10.6. The second kappa shape index (κ2) is 5.40. The molecule has 1 amide bonds. The molecule has 1 N–H and O–H groups in total. The van der Waals surface area contributed by atoms with Crippen LogP contribution in [0.5, 0.6) is 0 Å². The number of halogens is 2. The van der Waals surface area contributed by atoms with E-state index in [4.69, 9.17) is 4.42 Å². The van der Waals surface area contributed by atoms with Crippen molar-refractivity contribution in [1.82, 2.24) is 0 Å². The topological polar surface area (TPSA) is 59.3 Å². The molecule has 0 saturated carbocycles. The fourth-order valence-electron chi connectivity index (χ4n) is 1.99. The lowest BCUT2D eigenvalue weighted by atomic mass is 10.2. The van der Waals surface area contributed by atoms with Gasteiger partial charge in [-0.25, -0.2) is 8.78 Å². The molecule has 0 aliphatic carbocycles. The zero-order valence-electron chi connectivity index (χ0n) is 11.1. The summed E-state index contributed by atoms with van der Waals surface area (Å²) >= 11 is 0. The van der Waals surface area contributed by atoms with Crippen LogP contribution >= 0.6 is 0 Å². The van der Waals surface area contributed by atoms with Crippen molar-refractivity contribution in [2.75, 3.05) is 5.32 Å². The summed E-state index contributed by atoms with van der Waals surface area (Å²) in [6.45, 7) is 0. The average Bonchev–Trinajstić information content (AvgIpc) is 2.50. The molecule has 0 aliphatic rings. The van der Waals surface area contributed by atoms with Gasteiger partial charge in [0.25, 0.3) is 5.91 Å². The minimum Gasteiger partial charge on any atom is -0.451 e. The van der Waals surface area contributed by atoms with Crippen molar-refractivity contribution in [3.05, 3.63) is 76.1 Å². The first kappa shape index (κ1) is 13.9. The molecule has 22 heavy (non-hydrogen) atoms. The maximum Gasteiger partial charge on any atom is 0.291 e. The van der Waals surface area contributed by atoms with Gasteiger partial charge < -0.3 is 9.73 Å². The van der Waals surface area contributed by atoms with Crippen LogP contribution in [0.1, 0.15) is 10.6 Å². The molecule has 0 aliphatic heterocycles. The highest BCUT2D eigenvalue weighted by atomic mass is 19.1. The molecule has 1 aromatic heterocycles. The molecule has 0 atom stereocenters. The first-order valence-electron chi connectivity index (χ1n) is 6.34. The molecule has 6 heteroatoms. The number of fused-ring (bicyclic) bond motifs is 1. The van der Waals surface area contributed by atoms with Crippen LogP contribution in [-0.4, -0.2) is 5.91 Å². The number of amides is 1. The summed E-state index contributed by atoms with van der Waals surface area (Å²) in [4.78, 5) is 23.9. The summed E-state index contributed by atoms with van der Waals surface area (Å²) in [6.07, 6.45) is 0. The van der Waals surface area contributed by atoms with Gasteiger partial charge in [0.1, 0.15) is 17.2 Å². The van der Waals surface area contributed by atoms with Gasteiger partial charge in [-0.2, -0.15) is 0 Å². The molecule has 0 bridgehead atoms. The summed E-state index contributed by atoms with van der Waals surface area (Å²) in [5.41, 5.74) is -0.339. The Morgan fingerprint density at radius 3 is 2.59 bits per heavy atom. The van der Waals surface area contributed by atoms with Crippen molar-refractivity contribution in [3.63, 3.8) is 0 Å². The number of nitrogens with one attached hydrogen (secondary N) is 1. The van der Waals surface area contributed by atoms with Crippen LogP contribution in [0.3, 0.4) is 0 Å². The lowest BCUT2D eigenvalue weighted by molar-refractivity contribution is 0.0996. The van der Waals surface area contributed by atoms with Crippen LogP contribution in [0.4, 0.5) is 14.5 Å². The number of hydrogen-bond acceptors (Lipinski definition) is 3. The van der Waals surface area contributed by atoms with E-state index in [1.807, 2.05) is 0 Å². The average molecular weight is 301 g/mol. The standard InChI is InChI=1S/C16H9F2NO3/c17-9-5-6-12(11(18)7-9)19-16(21)15-8-13(20)10-3-1-2-4-14(10)22-15/h1-8H,(H,19,21). The lowest BCUT2D eigenvalue weighted by Gasteiger charge is -2.06. The van der Waals surface area contributed by atoms with Gasteiger partial charge in [0, 0.05) is 12.1 Å². The first-order chi connectivity index (χ1) is 10.5. The molecule has 3 aromatic rings. The number of carbonyl (C=O) groups excluding carboxylic acids is 1. The zero-order valence-corrected chi connectivity index (χ0v) is 11.1. The van der Waals surface area contributed by atoms with E-state index in [2.05, 4.69) is 5.32 Å². The molecule has 0 fully saturated rings. The number of hydrogen-bond donors (Lipinski definition) is 1. The van der Waals surface area contributed by atoms with Crippen LogP contribution in [-0.2, 0) is 0 Å². The van der Waals surface area contributed by atoms with E-state index in [-0.39, 0.29) is 22.5 Å². The van der Waals surface area contributed by atoms with E-state index >= 15 is 0 Å². The fraction of sp³-hybridized carbons (Fsp3) is 0. The molecule has 0 spiro atoms. The van der Waals surface area contributed by atoms with Gasteiger partial charge in [-0.1, -0.05) is 12.1 Å². The third kappa shape index (κ3) is 2.58. The third-order valence-electron chi connectivity index (χ3n) is 3.04. The number of anilines is 1. The van der Waals surface area contributed by atoms with Crippen LogP contribution in [0.2, 0.25) is 0 Å². The highest BCUT2D eigenvalue weighted by Crippen LogP contribution is 2.17. The summed E-state index contributed by atoms with van der Waals surface area (Å²) in [7, 11) is 0. The summed E-state index contributed by atoms with van der Waals surface area (Å²) < 4.78 is 31.7. The highest BCUT2D eigenvalue weighted by Gasteiger charge is 2.14. The van der Waals surface area contributed by atoms with E-state index < -0.39 is 17.5 Å². The summed E-state index contributed by atoms with van der Waals surface area (Å²) in [5, 5.41) is 2.57. The molecule has 3 rings (SSSR count). The quantitative estimate of drug-likeness (QED) is 0.790. The lowest BCUT2D eigenvalue weighted by Crippen LogP contribution is -2.15. The van der Waals surface area contributed by atoms with Crippen LogP contribution in [0.25, 0.3) is 11.0 Å². The summed E-state index contributed by atoms with van der Waals surface area (Å²) in [6, 6.07) is 10.2. The van der Waals surface area contributed by atoms with E-state index in [1.54, 1.807) is 24.3 Å². The van der Waals surface area contributed by atoms with Crippen molar-refractivity contribution in [2.45, 2.75) is 0 Å². The Balaban J connectivity index is 1.97. The minimum atomic E-state index is -0.920. The SMILES string of the molecule is O=C(Nc1ccc(F)cc1F)c1cc(=O)c2ccccc2o1. The Hall–Kier alpha value is -3.02. The first-order valence-corrected chi connectivity index (χ1v) is 6.34. The van der Waals surface area contributed by atoms with Crippen molar-refractivity contribution < 1.29 is 18.0 Å². The van der Waals surface area contributed by atoms with Crippen molar-refractivity contribution in [3.8, 4) is 0 Å². The van der Waals surface area contributed by atoms with Crippen LogP contribution in [0, 0.1) is 11.6 Å². The van der Waals surface area contributed by atoms with E-state index in [9.17, 15) is 18.4 Å². The number of para-hydroxylation sites is 1. The molecule has 0 saturated heterocycles. The maximum absolute atomic E-state index is 13.5. The second-order valence-electron chi connectivity index (χ2n) is 4.55. The number of carbonyl (C=O) groups is 1. The molecule has 2 aromatic carbocycles. The molecular formula is C16H9F2NO3. The second-order valence-corrected chi connectivity index (χ2v) is 4.55. The van der Waals surface area contributed by atoms with Gasteiger partial charge in [0.15, 0.2) is 11.2 Å². The monoisotopic (exact) mass is 301 g/mol. The predicted octanol–water partition coefficient (Wildman–Crippen LogP) is 3.32. The van der Waals surface area contributed by atoms with Crippen molar-refractivity contribution in [2.24, 2.45) is 0 Å². The Morgan fingerprint density at radius 2 is 1.82 bits per heavy atom. The van der Waals surface area contributed by atoms with Gasteiger partial charge in [0.05, 0.1) is 11.1 Å². The van der Waals surface area contributed by atoms with E-state index in [0.717, 1.165) is 18.2 Å². The summed E-state index contributed by atoms with van der Waals surface area (Å²) in [5.74, 6) is -2.73. The van der Waals surface area contributed by atoms with Gasteiger partial charge >= 0.3 is 0 Å². The largest absolute Gasteiger partial charge is 0.451 e. The maximum atomic E-state index is 13.5. The predicted molar refractivity (Wildman–Crippen MR) is 76.8 cm³/mol. The highest BCUT2D eigenvalue weighted by molar-refractivity contribution is 6.03. The van der Waals surface area contributed by atoms with E-state index in [0.29, 0.717) is 11.5 Å². The Morgan fingerprint density at radius 1 is 1.05 bits per heavy atom. The van der Waals surface area contributed by atoms with Gasteiger partial charge in [0.2, 0.25) is 0 Å². The van der Waals surface area contributed by atoms with Gasteiger partial charge in [-0.3, -0.25) is 9.59 Å². The van der Waals surface area contributed by atoms with Gasteiger partial charge in [-0.15, -0.1) is 0 Å². The number of rotatable bonds is 2. The fourth-order valence-corrected chi connectivity index (χ4v) is 1.99. The third-order valence-corrected chi connectivity index (χ3v) is 3.04. The van der Waals surface area contributed by atoms with Gasteiger partial charge in [-0.05, 0) is 24.3 Å². The van der Waals surface area contributed by atoms with E-state index in [1.165, 1.54) is 0 Å². The Labute approximate surface area is 123 Å². The molecule has 4 nitrogen and oxygen atoms in total. The van der Waals surface area contributed by atoms with Crippen molar-refractivity contribution in [1.29, 1.82) is 0 Å². The Bertz CT molecular complexity index is 934. The smallest absolute Gasteiger partial charge is 0.291 e. The van der Waals surface area contributed by atoms with Crippen molar-refractivity contribution >= 4 is 22.6 Å². The van der Waals surface area contributed by atoms with Crippen LogP contribution in [0.15, 0.2) is 57.7 Å². The zero-order chi connectivity index (χ0) is 15.7. The molecule has 1 heterocycles. The molecule has 0 radical (unpaired) electrons.